The zero-order valence-corrected chi connectivity index (χ0v) is 19.1. The number of fused-ring (bicyclic) bond motifs is 1. The van der Waals surface area contributed by atoms with Crippen LogP contribution in [0.1, 0.15) is 37.3 Å². The summed E-state index contributed by atoms with van der Waals surface area (Å²) in [4.78, 5) is 21.2. The average Bonchev–Trinajstić information content (AvgIpc) is 3.23. The Balaban J connectivity index is 1.58. The molecule has 0 unspecified atom stereocenters. The van der Waals surface area contributed by atoms with E-state index < -0.39 is 0 Å². The van der Waals surface area contributed by atoms with E-state index in [1.54, 1.807) is 18.6 Å². The number of anilines is 2. The molecule has 3 aromatic heterocycles. The quantitative estimate of drug-likeness (QED) is 0.347. The molecule has 4 aromatic rings. The van der Waals surface area contributed by atoms with Crippen LogP contribution < -0.4 is 10.3 Å². The zero-order chi connectivity index (χ0) is 22.6. The highest BCUT2D eigenvalue weighted by molar-refractivity contribution is 5.88. The fraction of sp³-hybridized carbons (Fsp3) is 0.320. The summed E-state index contributed by atoms with van der Waals surface area (Å²) in [6, 6.07) is 12.2. The van der Waals surface area contributed by atoms with Crippen molar-refractivity contribution >= 4 is 29.1 Å². The van der Waals surface area contributed by atoms with E-state index in [1.165, 1.54) is 12.0 Å². The van der Waals surface area contributed by atoms with E-state index in [0.717, 1.165) is 66.4 Å². The second-order valence-corrected chi connectivity index (χ2v) is 8.29. The second kappa shape index (κ2) is 9.36. The SMILES string of the molecule is CCn1c(-c2ccncc2)nc2c(N3CCCCC3)nc(NN=Cc3cccc(C)c3)nc21. The van der Waals surface area contributed by atoms with Crippen LogP contribution in [0.5, 0.6) is 0 Å². The molecule has 1 fully saturated rings. The minimum Gasteiger partial charge on any atom is -0.355 e. The molecule has 0 radical (unpaired) electrons. The van der Waals surface area contributed by atoms with E-state index in [9.17, 15) is 0 Å². The van der Waals surface area contributed by atoms with Gasteiger partial charge in [0.15, 0.2) is 17.0 Å². The number of piperidine rings is 1. The van der Waals surface area contributed by atoms with E-state index in [4.69, 9.17) is 15.0 Å². The lowest BCUT2D eigenvalue weighted by Gasteiger charge is -2.27. The number of hydrazone groups is 1. The normalized spacial score (nSPS) is 14.3. The van der Waals surface area contributed by atoms with Gasteiger partial charge in [-0.2, -0.15) is 15.1 Å². The molecule has 33 heavy (non-hydrogen) atoms. The molecule has 0 amide bonds. The summed E-state index contributed by atoms with van der Waals surface area (Å²) in [5, 5.41) is 4.41. The first-order valence-corrected chi connectivity index (χ1v) is 11.5. The number of nitrogens with one attached hydrogen (secondary N) is 1. The van der Waals surface area contributed by atoms with Crippen LogP contribution >= 0.6 is 0 Å². The number of pyridine rings is 1. The summed E-state index contributed by atoms with van der Waals surface area (Å²) in [6.45, 7) is 6.87. The molecule has 0 spiro atoms. The van der Waals surface area contributed by atoms with Gasteiger partial charge < -0.3 is 9.47 Å². The van der Waals surface area contributed by atoms with E-state index in [0.29, 0.717) is 5.95 Å². The van der Waals surface area contributed by atoms with Gasteiger partial charge in [-0.1, -0.05) is 29.8 Å². The summed E-state index contributed by atoms with van der Waals surface area (Å²) >= 11 is 0. The Bertz CT molecular complexity index is 1270. The average molecular weight is 441 g/mol. The van der Waals surface area contributed by atoms with Gasteiger partial charge in [-0.25, -0.2) is 10.4 Å². The van der Waals surface area contributed by atoms with Crippen LogP contribution in [0.3, 0.4) is 0 Å². The molecule has 0 bridgehead atoms. The molecule has 1 saturated heterocycles. The standard InChI is InChI=1S/C25H28N8/c1-3-33-22(20-10-12-26-13-11-20)28-21-23(32-14-5-4-6-15-32)29-25(30-24(21)33)31-27-17-19-9-7-8-18(2)16-19/h7-13,16-17H,3-6,14-15H2,1-2H3,(H,29,30,31). The molecule has 1 aliphatic heterocycles. The predicted molar refractivity (Wildman–Crippen MR) is 133 cm³/mol. The first-order valence-electron chi connectivity index (χ1n) is 11.5. The number of aromatic nitrogens is 5. The lowest BCUT2D eigenvalue weighted by Crippen LogP contribution is -2.30. The Hall–Kier alpha value is -3.81. The maximum absolute atomic E-state index is 5.01. The smallest absolute Gasteiger partial charge is 0.247 e. The fourth-order valence-corrected chi connectivity index (χ4v) is 4.30. The summed E-state index contributed by atoms with van der Waals surface area (Å²) in [5.74, 6) is 2.22. The molecule has 1 N–H and O–H groups in total. The van der Waals surface area contributed by atoms with Crippen LogP contribution in [0.25, 0.3) is 22.6 Å². The number of rotatable bonds is 6. The Kier molecular flexibility index (Phi) is 5.97. The van der Waals surface area contributed by atoms with Gasteiger partial charge in [0.1, 0.15) is 5.82 Å². The van der Waals surface area contributed by atoms with Gasteiger partial charge in [-0.05, 0) is 50.8 Å². The lowest BCUT2D eigenvalue weighted by molar-refractivity contribution is 0.574. The van der Waals surface area contributed by atoms with Crippen molar-refractivity contribution in [2.45, 2.75) is 39.7 Å². The third-order valence-corrected chi connectivity index (χ3v) is 5.91. The lowest BCUT2D eigenvalue weighted by atomic mass is 10.1. The van der Waals surface area contributed by atoms with Gasteiger partial charge in [0, 0.05) is 37.6 Å². The van der Waals surface area contributed by atoms with Gasteiger partial charge in [-0.3, -0.25) is 4.98 Å². The van der Waals surface area contributed by atoms with E-state index in [2.05, 4.69) is 51.0 Å². The van der Waals surface area contributed by atoms with Crippen LogP contribution in [-0.2, 0) is 6.54 Å². The van der Waals surface area contributed by atoms with E-state index in [-0.39, 0.29) is 0 Å². The van der Waals surface area contributed by atoms with Gasteiger partial charge >= 0.3 is 0 Å². The molecule has 4 heterocycles. The molecule has 8 nitrogen and oxygen atoms in total. The van der Waals surface area contributed by atoms with Crippen molar-refractivity contribution in [3.05, 3.63) is 59.9 Å². The molecule has 1 aromatic carbocycles. The summed E-state index contributed by atoms with van der Waals surface area (Å²) < 4.78 is 2.13. The molecule has 0 aliphatic carbocycles. The topological polar surface area (TPSA) is 84.1 Å². The van der Waals surface area contributed by atoms with Gasteiger partial charge in [0.25, 0.3) is 0 Å². The van der Waals surface area contributed by atoms with Gasteiger partial charge in [0.2, 0.25) is 5.95 Å². The summed E-state index contributed by atoms with van der Waals surface area (Å²) in [5.41, 5.74) is 7.93. The van der Waals surface area contributed by atoms with Crippen molar-refractivity contribution < 1.29 is 0 Å². The Morgan fingerprint density at radius 1 is 1.03 bits per heavy atom. The molecule has 8 heteroatoms. The van der Waals surface area contributed by atoms with E-state index >= 15 is 0 Å². The molecule has 168 valence electrons. The van der Waals surface area contributed by atoms with Crippen molar-refractivity contribution in [1.29, 1.82) is 0 Å². The van der Waals surface area contributed by atoms with Gasteiger partial charge in [-0.15, -0.1) is 0 Å². The number of aryl methyl sites for hydroxylation is 2. The summed E-state index contributed by atoms with van der Waals surface area (Å²) in [6.07, 6.45) is 8.94. The van der Waals surface area contributed by atoms with Crippen LogP contribution in [-0.4, -0.2) is 43.8 Å². The highest BCUT2D eigenvalue weighted by Gasteiger charge is 2.23. The van der Waals surface area contributed by atoms with Crippen LogP contribution in [0.2, 0.25) is 0 Å². The Labute approximate surface area is 193 Å². The van der Waals surface area contributed by atoms with Crippen molar-refractivity contribution in [2.24, 2.45) is 5.10 Å². The number of benzene rings is 1. The predicted octanol–water partition coefficient (Wildman–Crippen LogP) is 4.65. The monoisotopic (exact) mass is 440 g/mol. The third-order valence-electron chi connectivity index (χ3n) is 5.91. The van der Waals surface area contributed by atoms with Crippen molar-refractivity contribution in [1.82, 2.24) is 24.5 Å². The fourth-order valence-electron chi connectivity index (χ4n) is 4.30. The van der Waals surface area contributed by atoms with Crippen LogP contribution in [0.4, 0.5) is 11.8 Å². The maximum atomic E-state index is 5.01. The second-order valence-electron chi connectivity index (χ2n) is 8.29. The molecule has 0 atom stereocenters. The molecular formula is C25H28N8. The van der Waals surface area contributed by atoms with Crippen LogP contribution in [0, 0.1) is 6.92 Å². The largest absolute Gasteiger partial charge is 0.355 e. The molecule has 1 aliphatic rings. The van der Waals surface area contributed by atoms with Crippen molar-refractivity contribution in [2.75, 3.05) is 23.4 Å². The highest BCUT2D eigenvalue weighted by atomic mass is 15.4. The Morgan fingerprint density at radius 2 is 1.85 bits per heavy atom. The molecule has 5 rings (SSSR count). The number of hydrogen-bond donors (Lipinski definition) is 1. The number of hydrogen-bond acceptors (Lipinski definition) is 7. The van der Waals surface area contributed by atoms with Gasteiger partial charge in [0.05, 0.1) is 6.21 Å². The molecule has 0 saturated carbocycles. The summed E-state index contributed by atoms with van der Waals surface area (Å²) in [7, 11) is 0. The first-order chi connectivity index (χ1) is 16.2. The number of imidazole rings is 1. The van der Waals surface area contributed by atoms with Crippen LogP contribution in [0.15, 0.2) is 53.9 Å². The number of nitrogens with zero attached hydrogens (tertiary/aromatic N) is 7. The third kappa shape index (κ3) is 4.41. The highest BCUT2D eigenvalue weighted by Crippen LogP contribution is 2.31. The van der Waals surface area contributed by atoms with Crippen molar-refractivity contribution in [3.63, 3.8) is 0 Å². The van der Waals surface area contributed by atoms with Crippen molar-refractivity contribution in [3.8, 4) is 11.4 Å². The Morgan fingerprint density at radius 3 is 2.61 bits per heavy atom. The molecular weight excluding hydrogens is 412 g/mol. The van der Waals surface area contributed by atoms with E-state index in [1.807, 2.05) is 24.3 Å². The maximum Gasteiger partial charge on any atom is 0.247 e. The first kappa shape index (κ1) is 21.1. The zero-order valence-electron chi connectivity index (χ0n) is 19.1. The minimum absolute atomic E-state index is 0.475. The minimum atomic E-state index is 0.475.